The Morgan fingerprint density at radius 2 is 1.76 bits per heavy atom. The van der Waals surface area contributed by atoms with Gasteiger partial charge in [0.15, 0.2) is 0 Å². The molecule has 2 rings (SSSR count). The lowest BCUT2D eigenvalue weighted by molar-refractivity contribution is 0.00632. The van der Waals surface area contributed by atoms with E-state index < -0.39 is 7.00 Å². The normalized spacial score (nSPS) is 33.5. The fraction of sp³-hybridized carbons (Fsp3) is 1.00. The van der Waals surface area contributed by atoms with E-state index in [-0.39, 0.29) is 11.1 Å². The average molecular weight is 276 g/mol. The third-order valence-corrected chi connectivity index (χ3v) is 5.62. The van der Waals surface area contributed by atoms with Gasteiger partial charge in [-0.3, -0.25) is 0 Å². The van der Waals surface area contributed by atoms with Gasteiger partial charge in [0.05, 0.1) is 6.04 Å². The van der Waals surface area contributed by atoms with Gasteiger partial charge in [0.1, 0.15) is 6.67 Å². The van der Waals surface area contributed by atoms with Gasteiger partial charge in [-0.15, -0.1) is 5.09 Å². The predicted octanol–water partition coefficient (Wildman–Crippen LogP) is 1.65. The number of nitrogens with one attached hydrogen (secondary N) is 2. The van der Waals surface area contributed by atoms with Crippen LogP contribution in [0.4, 0.5) is 0 Å². The van der Waals surface area contributed by atoms with Crippen molar-refractivity contribution in [3.8, 4) is 0 Å². The van der Waals surface area contributed by atoms with Crippen LogP contribution in [0.1, 0.15) is 40.5 Å². The highest BCUT2D eigenvalue weighted by molar-refractivity contribution is 8.03. The molecule has 0 aromatic rings. The molecule has 0 aromatic heterocycles. The van der Waals surface area contributed by atoms with Gasteiger partial charge in [-0.1, -0.05) is 0 Å². The molecule has 2 heterocycles. The van der Waals surface area contributed by atoms with Crippen molar-refractivity contribution in [3.63, 3.8) is 0 Å². The molecule has 2 aliphatic rings. The quantitative estimate of drug-likeness (QED) is 0.603. The summed E-state index contributed by atoms with van der Waals surface area (Å²) in [6, 6.07) is 0.330. The van der Waals surface area contributed by atoms with Crippen LogP contribution in [0.2, 0.25) is 0 Å². The summed E-state index contributed by atoms with van der Waals surface area (Å²) in [7, 11) is 0. The molecule has 98 valence electrons. The predicted molar refractivity (Wildman–Crippen MR) is 73.6 cm³/mol. The summed E-state index contributed by atoms with van der Waals surface area (Å²) in [5.41, 5.74) is 2.45. The fourth-order valence-corrected chi connectivity index (χ4v) is 4.49. The second kappa shape index (κ2) is 4.46. The number of hydrogen-bond donors (Lipinski definition) is 2. The summed E-state index contributed by atoms with van der Waals surface area (Å²) in [5, 5.41) is 16.9. The molecule has 2 fully saturated rings. The largest absolute Gasteiger partial charge is 0.784 e. The highest BCUT2D eigenvalue weighted by Gasteiger charge is 2.44. The molecule has 2 aliphatic heterocycles. The highest BCUT2D eigenvalue weighted by Crippen LogP contribution is 2.39. The van der Waals surface area contributed by atoms with Crippen molar-refractivity contribution in [2.75, 3.05) is 6.67 Å². The van der Waals surface area contributed by atoms with E-state index in [1.54, 1.807) is 0 Å². The molecule has 0 spiro atoms. The minimum atomic E-state index is -0.713. The molecule has 0 radical (unpaired) electrons. The van der Waals surface area contributed by atoms with Crippen molar-refractivity contribution in [2.45, 2.75) is 57.7 Å². The Kier molecular flexibility index (Phi) is 3.60. The van der Waals surface area contributed by atoms with Gasteiger partial charge < -0.3 is 10.3 Å². The van der Waals surface area contributed by atoms with E-state index in [2.05, 4.69) is 10.5 Å². The van der Waals surface area contributed by atoms with Crippen LogP contribution in [0.15, 0.2) is 0 Å². The maximum absolute atomic E-state index is 12.2. The van der Waals surface area contributed by atoms with Crippen LogP contribution < -0.4 is 10.5 Å². The third kappa shape index (κ3) is 3.01. The van der Waals surface area contributed by atoms with Crippen molar-refractivity contribution in [1.82, 2.24) is 20.4 Å². The molecule has 2 unspecified atom stereocenters. The van der Waals surface area contributed by atoms with Crippen LogP contribution >= 0.6 is 7.00 Å². The Morgan fingerprint density at radius 3 is 2.18 bits per heavy atom. The second-order valence-corrected chi connectivity index (χ2v) is 8.47. The fourth-order valence-electron chi connectivity index (χ4n) is 2.74. The van der Waals surface area contributed by atoms with Crippen LogP contribution in [0.25, 0.3) is 0 Å². The maximum Gasteiger partial charge on any atom is 0.380 e. The molecule has 2 atom stereocenters. The van der Waals surface area contributed by atoms with Crippen molar-refractivity contribution in [3.05, 3.63) is 5.21 Å². The lowest BCUT2D eigenvalue weighted by Gasteiger charge is -2.59. The summed E-state index contributed by atoms with van der Waals surface area (Å²) in [6.07, 6.45) is 1.70. The Balaban J connectivity index is 2.02. The minimum absolute atomic E-state index is 0.322. The zero-order chi connectivity index (χ0) is 12.8. The molecule has 2 N–H and O–H groups in total. The van der Waals surface area contributed by atoms with E-state index in [1.165, 1.54) is 5.06 Å². The van der Waals surface area contributed by atoms with Crippen LogP contribution in [0, 0.1) is 5.21 Å². The molecule has 2 saturated heterocycles. The van der Waals surface area contributed by atoms with E-state index in [4.69, 9.17) is 11.8 Å². The summed E-state index contributed by atoms with van der Waals surface area (Å²) < 4.78 is 2.04. The molecule has 7 heteroatoms. The molecule has 0 bridgehead atoms. The van der Waals surface area contributed by atoms with Crippen LogP contribution in [-0.2, 0) is 11.8 Å². The first-order chi connectivity index (χ1) is 7.72. The van der Waals surface area contributed by atoms with Crippen LogP contribution in [0.3, 0.4) is 0 Å². The highest BCUT2D eigenvalue weighted by atomic mass is 32.4. The zero-order valence-electron chi connectivity index (χ0n) is 10.9. The van der Waals surface area contributed by atoms with Crippen molar-refractivity contribution in [2.24, 2.45) is 0 Å². The number of piperidine rings is 1. The van der Waals surface area contributed by atoms with Gasteiger partial charge in [-0.05, 0) is 45.3 Å². The number of hydrogen-bond acceptors (Lipinski definition) is 4. The van der Waals surface area contributed by atoms with Gasteiger partial charge in [-0.2, -0.15) is 5.43 Å². The van der Waals surface area contributed by atoms with E-state index in [0.717, 1.165) is 19.5 Å². The summed E-state index contributed by atoms with van der Waals surface area (Å²) in [6.45, 7) is 8.21. The minimum Gasteiger partial charge on any atom is -0.784 e. The standard InChI is InChI=1S/C10H21N4OPS/c1-9(2)5-8(6-10(3,4)14(9)15)12-16(17)13-7-11-13/h8,11H,5-7H2,1-4H3,(H,12,17). The molecule has 0 aliphatic carbocycles. The summed E-state index contributed by atoms with van der Waals surface area (Å²) in [5.74, 6) is 0. The number of hydrazine groups is 1. The van der Waals surface area contributed by atoms with Crippen LogP contribution in [0.5, 0.6) is 0 Å². The Morgan fingerprint density at radius 1 is 1.29 bits per heavy atom. The lowest BCUT2D eigenvalue weighted by atomic mass is 9.79. The Hall–Kier alpha value is 0.320. The van der Waals surface area contributed by atoms with Crippen molar-refractivity contribution >= 4 is 18.8 Å². The smallest absolute Gasteiger partial charge is 0.380 e. The van der Waals surface area contributed by atoms with Crippen molar-refractivity contribution < 1.29 is 0 Å². The second-order valence-electron chi connectivity index (χ2n) is 6.14. The van der Waals surface area contributed by atoms with Crippen LogP contribution in [-0.4, -0.2) is 33.6 Å². The SMILES string of the molecule is CC1(C)CC(N[P+](=S)N2CN2)CC(C)(C)N1[O-]. The summed E-state index contributed by atoms with van der Waals surface area (Å²) in [4.78, 5) is 0. The molecule has 0 saturated carbocycles. The van der Waals surface area contributed by atoms with Gasteiger partial charge >= 0.3 is 7.00 Å². The molecular formula is C10H21N4OPS. The molecule has 17 heavy (non-hydrogen) atoms. The van der Waals surface area contributed by atoms with Gasteiger partial charge in [-0.25, -0.2) is 0 Å². The number of rotatable bonds is 3. The van der Waals surface area contributed by atoms with Crippen molar-refractivity contribution in [1.29, 1.82) is 0 Å². The first-order valence-corrected chi connectivity index (χ1v) is 8.25. The first-order valence-electron chi connectivity index (χ1n) is 5.94. The zero-order valence-corrected chi connectivity index (χ0v) is 12.6. The van der Waals surface area contributed by atoms with E-state index in [1.807, 2.05) is 32.5 Å². The van der Waals surface area contributed by atoms with Gasteiger partial charge in [0.25, 0.3) is 0 Å². The van der Waals surface area contributed by atoms with E-state index in [0.29, 0.717) is 6.04 Å². The van der Waals surface area contributed by atoms with E-state index >= 15 is 0 Å². The monoisotopic (exact) mass is 276 g/mol. The molecule has 0 amide bonds. The lowest BCUT2D eigenvalue weighted by Crippen LogP contribution is -2.60. The molecule has 0 aromatic carbocycles. The number of nitrogens with zero attached hydrogens (tertiary/aromatic N) is 2. The Bertz CT molecular complexity index is 314. The van der Waals surface area contributed by atoms with Gasteiger partial charge in [0.2, 0.25) is 11.8 Å². The average Bonchev–Trinajstić information content (AvgIpc) is 2.95. The maximum atomic E-state index is 12.2. The topological polar surface area (TPSA) is 63.3 Å². The third-order valence-electron chi connectivity index (χ3n) is 3.40. The summed E-state index contributed by atoms with van der Waals surface area (Å²) >= 11 is 5.41. The van der Waals surface area contributed by atoms with Gasteiger partial charge in [0, 0.05) is 11.1 Å². The molecular weight excluding hydrogens is 255 g/mol. The first kappa shape index (κ1) is 13.7. The Labute approximate surface area is 109 Å². The molecule has 5 nitrogen and oxygen atoms in total. The number of hydroxylamine groups is 2. The van der Waals surface area contributed by atoms with E-state index in [9.17, 15) is 5.21 Å².